The Kier molecular flexibility index (Phi) is 4.60. The molecule has 0 aromatic rings. The Bertz CT molecular complexity index is 181. The number of nitrogens with zero attached hydrogens (tertiary/aromatic N) is 1. The highest BCUT2D eigenvalue weighted by atomic mass is 35.5. The van der Waals surface area contributed by atoms with Crippen molar-refractivity contribution in [2.75, 3.05) is 32.7 Å². The van der Waals surface area contributed by atoms with Crippen LogP contribution < -0.4 is 10.6 Å². The summed E-state index contributed by atoms with van der Waals surface area (Å²) in [6, 6.07) is 0.880. The second-order valence-corrected chi connectivity index (χ2v) is 4.08. The molecule has 5 heteroatoms. The van der Waals surface area contributed by atoms with Gasteiger partial charge in [0.1, 0.15) is 0 Å². The van der Waals surface area contributed by atoms with Gasteiger partial charge in [-0.15, -0.1) is 12.4 Å². The average molecular weight is 222 g/mol. The molecular weight excluding hydrogens is 202 g/mol. The first-order chi connectivity index (χ1) is 6.29. The lowest BCUT2D eigenvalue weighted by atomic mass is 10.1. The van der Waals surface area contributed by atoms with Gasteiger partial charge in [-0.3, -0.25) is 4.90 Å². The Labute approximate surface area is 91.5 Å². The van der Waals surface area contributed by atoms with E-state index in [4.69, 9.17) is 0 Å². The van der Waals surface area contributed by atoms with E-state index in [2.05, 4.69) is 22.5 Å². The lowest BCUT2D eigenvalue weighted by Crippen LogP contribution is -2.57. The smallest absolute Gasteiger partial charge is 0.0831 e. The van der Waals surface area contributed by atoms with Gasteiger partial charge in [0, 0.05) is 44.8 Å². The van der Waals surface area contributed by atoms with Gasteiger partial charge in [-0.2, -0.15) is 0 Å². The zero-order valence-corrected chi connectivity index (χ0v) is 9.39. The van der Waals surface area contributed by atoms with E-state index in [1.807, 2.05) is 0 Å². The Balaban J connectivity index is 0.000000980. The van der Waals surface area contributed by atoms with Gasteiger partial charge in [-0.1, -0.05) is 0 Å². The van der Waals surface area contributed by atoms with Gasteiger partial charge in [0.2, 0.25) is 0 Å². The van der Waals surface area contributed by atoms with Crippen LogP contribution in [0.4, 0.5) is 0 Å². The molecule has 2 aliphatic rings. The number of rotatable bonds is 1. The highest BCUT2D eigenvalue weighted by Gasteiger charge is 2.33. The van der Waals surface area contributed by atoms with E-state index < -0.39 is 0 Å². The molecule has 2 fully saturated rings. The summed E-state index contributed by atoms with van der Waals surface area (Å²) in [4.78, 5) is 2.42. The first-order valence-electron chi connectivity index (χ1n) is 5.14. The van der Waals surface area contributed by atoms with Gasteiger partial charge in [-0.05, 0) is 6.92 Å². The van der Waals surface area contributed by atoms with E-state index in [1.54, 1.807) is 0 Å². The molecular formula is C9H20ClN3O. The Hall–Kier alpha value is 0.130. The van der Waals surface area contributed by atoms with Crippen molar-refractivity contribution in [1.29, 1.82) is 0 Å². The van der Waals surface area contributed by atoms with Crippen molar-refractivity contribution in [3.05, 3.63) is 0 Å². The zero-order valence-electron chi connectivity index (χ0n) is 8.57. The van der Waals surface area contributed by atoms with Crippen LogP contribution in [0.3, 0.4) is 0 Å². The van der Waals surface area contributed by atoms with Crippen LogP contribution in [-0.4, -0.2) is 60.9 Å². The van der Waals surface area contributed by atoms with Crippen molar-refractivity contribution >= 4 is 12.4 Å². The average Bonchev–Trinajstić information content (AvgIpc) is 2.52. The summed E-state index contributed by atoms with van der Waals surface area (Å²) in [5.74, 6) is 0. The summed E-state index contributed by atoms with van der Waals surface area (Å²) in [6.45, 7) is 7.06. The van der Waals surface area contributed by atoms with Crippen molar-refractivity contribution in [3.63, 3.8) is 0 Å². The molecule has 0 bridgehead atoms. The van der Waals surface area contributed by atoms with E-state index >= 15 is 0 Å². The maximum atomic E-state index is 9.73. The van der Waals surface area contributed by atoms with Crippen LogP contribution in [0, 0.1) is 0 Å². The summed E-state index contributed by atoms with van der Waals surface area (Å²) in [7, 11) is 0. The van der Waals surface area contributed by atoms with Gasteiger partial charge in [-0.25, -0.2) is 0 Å². The number of halogens is 1. The maximum absolute atomic E-state index is 9.73. The Morgan fingerprint density at radius 1 is 1.21 bits per heavy atom. The molecule has 3 atom stereocenters. The molecule has 3 N–H and O–H groups in total. The molecule has 0 saturated carbocycles. The molecule has 14 heavy (non-hydrogen) atoms. The third kappa shape index (κ3) is 2.38. The zero-order chi connectivity index (χ0) is 9.26. The maximum Gasteiger partial charge on any atom is 0.0831 e. The SMILES string of the molecule is C[C@H]1CNCCN1[C@@H]1CNC[C@H]1O.Cl. The predicted octanol–water partition coefficient (Wildman–Crippen LogP) is -0.965. The van der Waals surface area contributed by atoms with E-state index in [0.29, 0.717) is 12.1 Å². The van der Waals surface area contributed by atoms with Crippen LogP contribution in [0.15, 0.2) is 0 Å². The van der Waals surface area contributed by atoms with E-state index in [-0.39, 0.29) is 18.5 Å². The minimum atomic E-state index is -0.180. The molecule has 0 radical (unpaired) electrons. The van der Waals surface area contributed by atoms with Gasteiger partial charge < -0.3 is 15.7 Å². The third-order valence-corrected chi connectivity index (χ3v) is 3.13. The van der Waals surface area contributed by atoms with E-state index in [9.17, 15) is 5.11 Å². The van der Waals surface area contributed by atoms with Crippen molar-refractivity contribution in [3.8, 4) is 0 Å². The second kappa shape index (κ2) is 5.28. The first-order valence-corrected chi connectivity index (χ1v) is 5.14. The minimum absolute atomic E-state index is 0. The van der Waals surface area contributed by atoms with Gasteiger partial charge in [0.15, 0.2) is 0 Å². The molecule has 2 rings (SSSR count). The molecule has 0 aliphatic carbocycles. The quantitative estimate of drug-likeness (QED) is 0.534. The normalized spacial score (nSPS) is 39.4. The summed E-state index contributed by atoms with van der Waals surface area (Å²) in [5.41, 5.74) is 0. The predicted molar refractivity (Wildman–Crippen MR) is 59.0 cm³/mol. The van der Waals surface area contributed by atoms with Crippen molar-refractivity contribution in [2.24, 2.45) is 0 Å². The van der Waals surface area contributed by atoms with E-state index in [0.717, 1.165) is 32.7 Å². The largest absolute Gasteiger partial charge is 0.390 e. The fourth-order valence-corrected chi connectivity index (χ4v) is 2.34. The molecule has 0 aromatic carbocycles. The minimum Gasteiger partial charge on any atom is -0.390 e. The summed E-state index contributed by atoms with van der Waals surface area (Å²) in [6.07, 6.45) is -0.180. The van der Waals surface area contributed by atoms with Crippen LogP contribution in [0.25, 0.3) is 0 Å². The van der Waals surface area contributed by atoms with Gasteiger partial charge in [0.25, 0.3) is 0 Å². The number of β-amino-alcohol motifs (C(OH)–C–C–N with tert-alkyl or cyclic N) is 1. The molecule has 0 spiro atoms. The van der Waals surface area contributed by atoms with Crippen LogP contribution in [0.2, 0.25) is 0 Å². The standard InChI is InChI=1S/C9H19N3O.ClH/c1-7-4-10-2-3-12(7)8-5-11-6-9(8)13;/h7-11,13H,2-6H2,1H3;1H/t7-,8+,9+;/m0./s1. The molecule has 84 valence electrons. The Morgan fingerprint density at radius 2 is 2.00 bits per heavy atom. The summed E-state index contributed by atoms with van der Waals surface area (Å²) < 4.78 is 0. The van der Waals surface area contributed by atoms with Crippen molar-refractivity contribution in [1.82, 2.24) is 15.5 Å². The fourth-order valence-electron chi connectivity index (χ4n) is 2.34. The highest BCUT2D eigenvalue weighted by molar-refractivity contribution is 5.85. The van der Waals surface area contributed by atoms with Crippen molar-refractivity contribution in [2.45, 2.75) is 25.1 Å². The van der Waals surface area contributed by atoms with Crippen LogP contribution in [0.1, 0.15) is 6.92 Å². The first kappa shape index (κ1) is 12.2. The molecule has 2 aliphatic heterocycles. The van der Waals surface area contributed by atoms with Gasteiger partial charge >= 0.3 is 0 Å². The van der Waals surface area contributed by atoms with Crippen LogP contribution >= 0.6 is 12.4 Å². The van der Waals surface area contributed by atoms with Gasteiger partial charge in [0.05, 0.1) is 6.10 Å². The molecule has 0 amide bonds. The number of aliphatic hydroxyl groups is 1. The second-order valence-electron chi connectivity index (χ2n) is 4.08. The number of piperazine rings is 1. The number of aliphatic hydroxyl groups excluding tert-OH is 1. The number of nitrogens with one attached hydrogen (secondary N) is 2. The van der Waals surface area contributed by atoms with Crippen LogP contribution in [0.5, 0.6) is 0 Å². The van der Waals surface area contributed by atoms with Crippen LogP contribution in [-0.2, 0) is 0 Å². The van der Waals surface area contributed by atoms with Crippen molar-refractivity contribution < 1.29 is 5.11 Å². The molecule has 0 unspecified atom stereocenters. The number of hydrogen-bond acceptors (Lipinski definition) is 4. The summed E-state index contributed by atoms with van der Waals surface area (Å²) in [5, 5.41) is 16.3. The fraction of sp³-hybridized carbons (Fsp3) is 1.00. The summed E-state index contributed by atoms with van der Waals surface area (Å²) >= 11 is 0. The lowest BCUT2D eigenvalue weighted by Gasteiger charge is -2.39. The lowest BCUT2D eigenvalue weighted by molar-refractivity contribution is 0.0469. The molecule has 2 saturated heterocycles. The Morgan fingerprint density at radius 3 is 2.57 bits per heavy atom. The topological polar surface area (TPSA) is 47.5 Å². The van der Waals surface area contributed by atoms with E-state index in [1.165, 1.54) is 0 Å². The third-order valence-electron chi connectivity index (χ3n) is 3.13. The monoisotopic (exact) mass is 221 g/mol. The number of hydrogen-bond donors (Lipinski definition) is 3. The molecule has 0 aromatic heterocycles. The highest BCUT2D eigenvalue weighted by Crippen LogP contribution is 2.14. The molecule has 4 nitrogen and oxygen atoms in total. The molecule has 2 heterocycles.